The van der Waals surface area contributed by atoms with E-state index in [1.165, 1.54) is 0 Å². The predicted molar refractivity (Wildman–Crippen MR) is 78.0 cm³/mol. The average Bonchev–Trinajstić information content (AvgIpc) is 2.84. The third-order valence-corrected chi connectivity index (χ3v) is 5.35. The minimum Gasteiger partial charge on any atom is -0.481 e. The molecule has 1 aliphatic heterocycles. The Kier molecular flexibility index (Phi) is 5.98. The second-order valence-corrected chi connectivity index (χ2v) is 7.32. The maximum atomic E-state index is 12.0. The first-order valence-corrected chi connectivity index (χ1v) is 8.43. The van der Waals surface area contributed by atoms with Crippen LogP contribution in [-0.4, -0.2) is 57.4 Å². The Morgan fingerprint density at radius 3 is 2.55 bits per heavy atom. The first-order valence-electron chi connectivity index (χ1n) is 6.94. The number of hydrogen-bond donors (Lipinski definition) is 2. The fraction of sp³-hybridized carbons (Fsp3) is 0.846. The summed E-state index contributed by atoms with van der Waals surface area (Å²) in [5.74, 6) is 0.152. The molecule has 2 atom stereocenters. The van der Waals surface area contributed by atoms with Crippen molar-refractivity contribution in [2.75, 3.05) is 31.1 Å². The van der Waals surface area contributed by atoms with Gasteiger partial charge in [-0.25, -0.2) is 4.79 Å². The van der Waals surface area contributed by atoms with Crippen LogP contribution in [0.3, 0.4) is 0 Å². The van der Waals surface area contributed by atoms with Crippen LogP contribution >= 0.6 is 0 Å². The smallest absolute Gasteiger partial charge is 0.317 e. The molecule has 7 heteroatoms. The minimum absolute atomic E-state index is 0.0228. The number of hydrogen-bond acceptors (Lipinski definition) is 3. The van der Waals surface area contributed by atoms with Gasteiger partial charge in [-0.05, 0) is 12.3 Å². The highest BCUT2D eigenvalue weighted by Gasteiger charge is 2.48. The van der Waals surface area contributed by atoms with Crippen LogP contribution in [0.15, 0.2) is 0 Å². The molecular formula is C13H24N2O4S. The molecule has 6 nitrogen and oxygen atoms in total. The standard InChI is InChI=1S/C13H24N2O4S/c1-4-20(19)8-6-14-12(18)15-7-5-13(9-15,10(2)3)11(16)17/h10H,4-9H2,1-3H3,(H,14,18)(H,16,17). The maximum absolute atomic E-state index is 12.0. The predicted octanol–water partition coefficient (Wildman–Crippen LogP) is 0.897. The lowest BCUT2D eigenvalue weighted by Crippen LogP contribution is -2.44. The highest BCUT2D eigenvalue weighted by atomic mass is 32.2. The summed E-state index contributed by atoms with van der Waals surface area (Å²) in [5, 5.41) is 12.1. The molecule has 0 bridgehead atoms. The van der Waals surface area contributed by atoms with Crippen LogP contribution in [0.4, 0.5) is 4.79 Å². The van der Waals surface area contributed by atoms with E-state index in [4.69, 9.17) is 0 Å². The molecule has 2 unspecified atom stereocenters. The van der Waals surface area contributed by atoms with E-state index in [1.54, 1.807) is 4.90 Å². The van der Waals surface area contributed by atoms with Crippen molar-refractivity contribution in [2.24, 2.45) is 11.3 Å². The van der Waals surface area contributed by atoms with E-state index < -0.39 is 22.2 Å². The molecule has 0 aromatic carbocycles. The second-order valence-electron chi connectivity index (χ2n) is 5.45. The number of carboxylic acid groups (broad SMARTS) is 1. The van der Waals surface area contributed by atoms with Gasteiger partial charge in [0.25, 0.3) is 0 Å². The number of rotatable bonds is 6. The number of carbonyl (C=O) groups excluding carboxylic acids is 1. The Morgan fingerprint density at radius 1 is 1.45 bits per heavy atom. The number of aliphatic carboxylic acids is 1. The first kappa shape index (κ1) is 16.9. The largest absolute Gasteiger partial charge is 0.481 e. The number of urea groups is 1. The van der Waals surface area contributed by atoms with Crippen LogP contribution in [0.2, 0.25) is 0 Å². The molecule has 1 saturated heterocycles. The molecular weight excluding hydrogens is 280 g/mol. The maximum Gasteiger partial charge on any atom is 0.317 e. The van der Waals surface area contributed by atoms with Gasteiger partial charge in [-0.3, -0.25) is 9.00 Å². The van der Waals surface area contributed by atoms with Crippen LogP contribution in [0.5, 0.6) is 0 Å². The van der Waals surface area contributed by atoms with Crippen molar-refractivity contribution in [2.45, 2.75) is 27.2 Å². The first-order chi connectivity index (χ1) is 9.33. The molecule has 1 fully saturated rings. The van der Waals surface area contributed by atoms with Crippen molar-refractivity contribution in [1.82, 2.24) is 10.2 Å². The van der Waals surface area contributed by atoms with Crippen LogP contribution in [0, 0.1) is 11.3 Å². The van der Waals surface area contributed by atoms with Crippen molar-refractivity contribution < 1.29 is 18.9 Å². The average molecular weight is 304 g/mol. The molecule has 0 aliphatic carbocycles. The lowest BCUT2D eigenvalue weighted by atomic mass is 9.76. The van der Waals surface area contributed by atoms with Crippen molar-refractivity contribution >= 4 is 22.8 Å². The molecule has 0 saturated carbocycles. The lowest BCUT2D eigenvalue weighted by molar-refractivity contribution is -0.150. The van der Waals surface area contributed by atoms with Gasteiger partial charge in [-0.1, -0.05) is 20.8 Å². The Labute approximate surface area is 122 Å². The number of carboxylic acids is 1. The third kappa shape index (κ3) is 3.71. The van der Waals surface area contributed by atoms with E-state index in [-0.39, 0.29) is 18.5 Å². The molecule has 0 aromatic heterocycles. The molecule has 1 heterocycles. The highest BCUT2D eigenvalue weighted by Crippen LogP contribution is 2.38. The van der Waals surface area contributed by atoms with Gasteiger partial charge < -0.3 is 15.3 Å². The number of carbonyl (C=O) groups is 2. The molecule has 2 N–H and O–H groups in total. The van der Waals surface area contributed by atoms with Crippen molar-refractivity contribution in [3.63, 3.8) is 0 Å². The monoisotopic (exact) mass is 304 g/mol. The minimum atomic E-state index is -0.902. The fourth-order valence-corrected chi connectivity index (χ4v) is 3.05. The van der Waals surface area contributed by atoms with Crippen molar-refractivity contribution in [1.29, 1.82) is 0 Å². The van der Waals surface area contributed by atoms with Gasteiger partial charge in [0, 0.05) is 41.9 Å². The van der Waals surface area contributed by atoms with Crippen LogP contribution < -0.4 is 5.32 Å². The quantitative estimate of drug-likeness (QED) is 0.763. The van der Waals surface area contributed by atoms with E-state index in [0.29, 0.717) is 31.0 Å². The van der Waals surface area contributed by atoms with E-state index in [2.05, 4.69) is 5.32 Å². The summed E-state index contributed by atoms with van der Waals surface area (Å²) >= 11 is 0. The molecule has 2 amide bonds. The third-order valence-electron chi connectivity index (χ3n) is 4.05. The van der Waals surface area contributed by atoms with Gasteiger partial charge in [0.05, 0.1) is 5.41 Å². The summed E-state index contributed by atoms with van der Waals surface area (Å²) in [4.78, 5) is 25.0. The van der Waals surface area contributed by atoms with Crippen LogP contribution in [0.25, 0.3) is 0 Å². The Bertz CT molecular complexity index is 400. The summed E-state index contributed by atoms with van der Waals surface area (Å²) in [5.41, 5.74) is -0.844. The molecule has 116 valence electrons. The molecule has 1 rings (SSSR count). The topological polar surface area (TPSA) is 86.7 Å². The van der Waals surface area contributed by atoms with E-state index in [1.807, 2.05) is 20.8 Å². The van der Waals surface area contributed by atoms with E-state index in [9.17, 15) is 18.9 Å². The van der Waals surface area contributed by atoms with Crippen LogP contribution in [0.1, 0.15) is 27.2 Å². The van der Waals surface area contributed by atoms with Gasteiger partial charge in [0.15, 0.2) is 0 Å². The summed E-state index contributed by atoms with van der Waals surface area (Å²) in [6, 6.07) is -0.262. The lowest BCUT2D eigenvalue weighted by Gasteiger charge is -2.28. The van der Waals surface area contributed by atoms with Gasteiger partial charge >= 0.3 is 12.0 Å². The molecule has 0 spiro atoms. The second kappa shape index (κ2) is 7.06. The van der Waals surface area contributed by atoms with Gasteiger partial charge in [0.2, 0.25) is 0 Å². The molecule has 0 radical (unpaired) electrons. The Hall–Kier alpha value is -1.11. The fourth-order valence-electron chi connectivity index (χ4n) is 2.43. The molecule has 20 heavy (non-hydrogen) atoms. The van der Waals surface area contributed by atoms with Gasteiger partial charge in [0.1, 0.15) is 0 Å². The summed E-state index contributed by atoms with van der Waals surface area (Å²) in [6.07, 6.45) is 0.480. The molecule has 1 aliphatic rings. The Balaban J connectivity index is 2.52. The summed E-state index contributed by atoms with van der Waals surface area (Å²) in [7, 11) is -0.902. The van der Waals surface area contributed by atoms with Crippen molar-refractivity contribution in [3.05, 3.63) is 0 Å². The van der Waals surface area contributed by atoms with Crippen molar-refractivity contribution in [3.8, 4) is 0 Å². The number of amides is 2. The zero-order chi connectivity index (χ0) is 15.3. The van der Waals surface area contributed by atoms with E-state index in [0.717, 1.165) is 0 Å². The Morgan fingerprint density at radius 2 is 2.10 bits per heavy atom. The zero-order valence-electron chi connectivity index (χ0n) is 12.3. The zero-order valence-corrected chi connectivity index (χ0v) is 13.2. The highest BCUT2D eigenvalue weighted by molar-refractivity contribution is 7.84. The number of likely N-dealkylation sites (tertiary alicyclic amines) is 1. The SMILES string of the molecule is CCS(=O)CCNC(=O)N1CCC(C(=O)O)(C(C)C)C1. The summed E-state index contributed by atoms with van der Waals surface area (Å²) < 4.78 is 11.3. The van der Waals surface area contributed by atoms with E-state index >= 15 is 0 Å². The normalized spacial score (nSPS) is 23.9. The van der Waals surface area contributed by atoms with Gasteiger partial charge in [-0.2, -0.15) is 0 Å². The summed E-state index contributed by atoms with van der Waals surface area (Å²) in [6.45, 7) is 6.63. The van der Waals surface area contributed by atoms with Gasteiger partial charge in [-0.15, -0.1) is 0 Å². The van der Waals surface area contributed by atoms with Crippen LogP contribution in [-0.2, 0) is 15.6 Å². The number of nitrogens with one attached hydrogen (secondary N) is 1. The number of nitrogens with zero attached hydrogens (tertiary/aromatic N) is 1. The molecule has 0 aromatic rings.